The molecule has 2 rings (SSSR count). The van der Waals surface area contributed by atoms with Crippen LogP contribution in [0.15, 0.2) is 48.5 Å². The van der Waals surface area contributed by atoms with Crippen LogP contribution in [0.1, 0.15) is 31.4 Å². The topological polar surface area (TPSA) is 38.3 Å². The third-order valence-electron chi connectivity index (χ3n) is 3.42. The number of benzene rings is 2. The predicted octanol–water partition coefficient (Wildman–Crippen LogP) is 4.52. The maximum Gasteiger partial charge on any atom is 0.223 e. The molecule has 0 aromatic heterocycles. The summed E-state index contributed by atoms with van der Waals surface area (Å²) in [5, 5.41) is 3.58. The van der Waals surface area contributed by atoms with Crippen molar-refractivity contribution in [3.05, 3.63) is 64.9 Å². The largest absolute Gasteiger partial charge is 0.490 e. The molecule has 5 heteroatoms. The molecule has 0 heterocycles. The Bertz CT molecular complexity index is 663. The number of nitrogens with one attached hydrogen (secondary N) is 1. The van der Waals surface area contributed by atoms with Crippen molar-refractivity contribution in [2.24, 2.45) is 0 Å². The van der Waals surface area contributed by atoms with Gasteiger partial charge in [0.2, 0.25) is 5.91 Å². The molecule has 0 saturated carbocycles. The first-order valence-corrected chi connectivity index (χ1v) is 7.90. The molecule has 0 spiro atoms. The van der Waals surface area contributed by atoms with Crippen molar-refractivity contribution in [2.45, 2.75) is 25.8 Å². The Morgan fingerprint density at radius 2 is 2.04 bits per heavy atom. The molecule has 1 N–H and O–H groups in total. The van der Waals surface area contributed by atoms with Crippen LogP contribution < -0.4 is 10.1 Å². The minimum absolute atomic E-state index is 0.102. The van der Waals surface area contributed by atoms with Gasteiger partial charge in [-0.2, -0.15) is 0 Å². The molecule has 0 bridgehead atoms. The van der Waals surface area contributed by atoms with E-state index in [1.165, 1.54) is 12.1 Å². The van der Waals surface area contributed by atoms with Crippen molar-refractivity contribution in [1.82, 2.24) is 5.32 Å². The van der Waals surface area contributed by atoms with Crippen molar-refractivity contribution in [2.75, 3.05) is 6.61 Å². The van der Waals surface area contributed by atoms with Crippen LogP contribution in [0.4, 0.5) is 4.39 Å². The second-order valence-electron chi connectivity index (χ2n) is 5.11. The van der Waals surface area contributed by atoms with Crippen LogP contribution in [-0.2, 0) is 4.79 Å². The molecular weight excluding hydrogens is 317 g/mol. The highest BCUT2D eigenvalue weighted by Crippen LogP contribution is 2.20. The zero-order valence-corrected chi connectivity index (χ0v) is 13.6. The number of hydrogen-bond donors (Lipinski definition) is 1. The van der Waals surface area contributed by atoms with Crippen molar-refractivity contribution < 1.29 is 13.9 Å². The van der Waals surface area contributed by atoms with E-state index in [0.717, 1.165) is 12.0 Å². The fourth-order valence-electron chi connectivity index (χ4n) is 2.23. The summed E-state index contributed by atoms with van der Waals surface area (Å²) < 4.78 is 18.7. The number of hydrogen-bond acceptors (Lipinski definition) is 2. The smallest absolute Gasteiger partial charge is 0.223 e. The van der Waals surface area contributed by atoms with Crippen molar-refractivity contribution in [3.63, 3.8) is 0 Å². The van der Waals surface area contributed by atoms with Gasteiger partial charge in [-0.25, -0.2) is 4.39 Å². The molecule has 0 aliphatic carbocycles. The van der Waals surface area contributed by atoms with Crippen LogP contribution in [0, 0.1) is 5.82 Å². The lowest BCUT2D eigenvalue weighted by Gasteiger charge is -2.18. The van der Waals surface area contributed by atoms with Gasteiger partial charge in [-0.3, -0.25) is 4.79 Å². The number of rotatable bonds is 7. The third kappa shape index (κ3) is 5.25. The van der Waals surface area contributed by atoms with Crippen LogP contribution in [0.5, 0.6) is 5.75 Å². The Hall–Kier alpha value is -2.07. The number of halogens is 2. The summed E-state index contributed by atoms with van der Waals surface area (Å²) in [6.07, 6.45) is 0.908. The number of para-hydroxylation sites is 1. The van der Waals surface area contributed by atoms with Gasteiger partial charge >= 0.3 is 0 Å². The van der Waals surface area contributed by atoms with E-state index in [4.69, 9.17) is 16.3 Å². The molecule has 0 aliphatic rings. The summed E-state index contributed by atoms with van der Waals surface area (Å²) in [6, 6.07) is 13.4. The first-order valence-electron chi connectivity index (χ1n) is 7.52. The molecular formula is C18H19ClFNO2. The Morgan fingerprint density at radius 1 is 1.26 bits per heavy atom. The standard InChI is InChI=1S/C18H19ClFNO2/c1-2-16(13-6-5-7-14(19)12-13)21-18(22)10-11-23-17-9-4-3-8-15(17)20/h3-9,12,16H,2,10-11H2,1H3,(H,21,22). The molecule has 1 atom stereocenters. The van der Waals surface area contributed by atoms with Crippen molar-refractivity contribution >= 4 is 17.5 Å². The van der Waals surface area contributed by atoms with E-state index in [9.17, 15) is 9.18 Å². The number of carbonyl (C=O) groups is 1. The quantitative estimate of drug-likeness (QED) is 0.808. The highest BCUT2D eigenvalue weighted by atomic mass is 35.5. The number of carbonyl (C=O) groups excluding carboxylic acids is 1. The molecule has 0 saturated heterocycles. The molecule has 0 aliphatic heterocycles. The van der Waals surface area contributed by atoms with Gasteiger partial charge in [0.1, 0.15) is 0 Å². The fourth-order valence-corrected chi connectivity index (χ4v) is 2.43. The first-order chi connectivity index (χ1) is 11.1. The molecule has 0 radical (unpaired) electrons. The predicted molar refractivity (Wildman–Crippen MR) is 89.1 cm³/mol. The van der Waals surface area contributed by atoms with Gasteiger partial charge < -0.3 is 10.1 Å². The zero-order valence-electron chi connectivity index (χ0n) is 12.9. The number of amides is 1. The van der Waals surface area contributed by atoms with Gasteiger partial charge in [0, 0.05) is 5.02 Å². The van der Waals surface area contributed by atoms with Gasteiger partial charge in [0.25, 0.3) is 0 Å². The van der Waals surface area contributed by atoms with E-state index in [0.29, 0.717) is 5.02 Å². The van der Waals surface area contributed by atoms with Crippen LogP contribution in [0.2, 0.25) is 5.02 Å². The molecule has 1 unspecified atom stereocenters. The monoisotopic (exact) mass is 335 g/mol. The molecule has 122 valence electrons. The zero-order chi connectivity index (χ0) is 16.7. The summed E-state index contributed by atoms with van der Waals surface area (Å²) in [7, 11) is 0. The molecule has 23 heavy (non-hydrogen) atoms. The average Bonchev–Trinajstić information content (AvgIpc) is 2.54. The minimum atomic E-state index is -0.432. The molecule has 0 fully saturated rings. The summed E-state index contributed by atoms with van der Waals surface area (Å²) in [5.41, 5.74) is 0.961. The first kappa shape index (κ1) is 17.3. The highest BCUT2D eigenvalue weighted by Gasteiger charge is 2.13. The second-order valence-corrected chi connectivity index (χ2v) is 5.55. The van der Waals surface area contributed by atoms with Crippen LogP contribution in [0.3, 0.4) is 0 Å². The molecule has 2 aromatic rings. The van der Waals surface area contributed by atoms with Gasteiger partial charge in [0.15, 0.2) is 11.6 Å². The fraction of sp³-hybridized carbons (Fsp3) is 0.278. The maximum absolute atomic E-state index is 13.4. The van der Waals surface area contributed by atoms with E-state index in [1.807, 2.05) is 25.1 Å². The van der Waals surface area contributed by atoms with E-state index in [-0.39, 0.29) is 30.7 Å². The van der Waals surface area contributed by atoms with Gasteiger partial charge in [0.05, 0.1) is 19.1 Å². The van der Waals surface area contributed by atoms with Gasteiger partial charge in [-0.05, 0) is 36.2 Å². The molecule has 1 amide bonds. The Morgan fingerprint density at radius 3 is 2.74 bits per heavy atom. The van der Waals surface area contributed by atoms with Crippen molar-refractivity contribution in [1.29, 1.82) is 0 Å². The Balaban J connectivity index is 1.85. The van der Waals surface area contributed by atoms with Gasteiger partial charge in [-0.15, -0.1) is 0 Å². The lowest BCUT2D eigenvalue weighted by molar-refractivity contribution is -0.122. The maximum atomic E-state index is 13.4. The van der Waals surface area contributed by atoms with E-state index in [1.54, 1.807) is 18.2 Å². The Labute approximate surface area is 140 Å². The minimum Gasteiger partial charge on any atom is -0.490 e. The highest BCUT2D eigenvalue weighted by molar-refractivity contribution is 6.30. The number of ether oxygens (including phenoxy) is 1. The van der Waals surface area contributed by atoms with Crippen LogP contribution >= 0.6 is 11.6 Å². The summed E-state index contributed by atoms with van der Waals surface area (Å²) >= 11 is 5.98. The SMILES string of the molecule is CCC(NC(=O)CCOc1ccccc1F)c1cccc(Cl)c1. The Kier molecular flexibility index (Phi) is 6.41. The summed E-state index contributed by atoms with van der Waals surface area (Å²) in [5.74, 6) is -0.423. The summed E-state index contributed by atoms with van der Waals surface area (Å²) in [4.78, 5) is 12.0. The second kappa shape index (κ2) is 8.53. The average molecular weight is 336 g/mol. The van der Waals surface area contributed by atoms with Crippen molar-refractivity contribution in [3.8, 4) is 5.75 Å². The third-order valence-corrected chi connectivity index (χ3v) is 3.65. The van der Waals surface area contributed by atoms with Crippen LogP contribution in [-0.4, -0.2) is 12.5 Å². The van der Waals surface area contributed by atoms with E-state index < -0.39 is 5.82 Å². The lowest BCUT2D eigenvalue weighted by atomic mass is 10.0. The van der Waals surface area contributed by atoms with Crippen LogP contribution in [0.25, 0.3) is 0 Å². The summed E-state index contributed by atoms with van der Waals surface area (Å²) in [6.45, 7) is 2.11. The lowest BCUT2D eigenvalue weighted by Crippen LogP contribution is -2.29. The molecule has 2 aromatic carbocycles. The normalized spacial score (nSPS) is 11.8. The van der Waals surface area contributed by atoms with E-state index >= 15 is 0 Å². The molecule has 3 nitrogen and oxygen atoms in total. The van der Waals surface area contributed by atoms with E-state index in [2.05, 4.69) is 5.32 Å². The van der Waals surface area contributed by atoms with Gasteiger partial charge in [-0.1, -0.05) is 42.8 Å².